The zero-order chi connectivity index (χ0) is 24.3. The van der Waals surface area contributed by atoms with Crippen LogP contribution in [0, 0.1) is 35.2 Å². The van der Waals surface area contributed by atoms with E-state index in [9.17, 15) is 22.0 Å². The number of ether oxygens (including phenoxy) is 1. The van der Waals surface area contributed by atoms with Gasteiger partial charge in [0.25, 0.3) is 0 Å². The third kappa shape index (κ3) is 5.75. The second-order valence-corrected chi connectivity index (χ2v) is 10.1. The largest absolute Gasteiger partial charge is 0.429 e. The molecule has 186 valence electrons. The summed E-state index contributed by atoms with van der Waals surface area (Å²) in [4.78, 5) is 0. The van der Waals surface area contributed by atoms with Crippen molar-refractivity contribution < 1.29 is 26.7 Å². The fraction of sp³-hybridized carbons (Fsp3) is 0.571. The predicted molar refractivity (Wildman–Crippen MR) is 122 cm³/mol. The number of benzene rings is 2. The maximum absolute atomic E-state index is 14.6. The van der Waals surface area contributed by atoms with Gasteiger partial charge in [-0.25, -0.2) is 13.2 Å². The third-order valence-corrected chi connectivity index (χ3v) is 7.95. The van der Waals surface area contributed by atoms with Crippen LogP contribution >= 0.6 is 0 Å². The van der Waals surface area contributed by atoms with Crippen LogP contribution in [-0.4, -0.2) is 0 Å². The molecule has 6 heteroatoms. The van der Waals surface area contributed by atoms with Gasteiger partial charge in [0, 0.05) is 12.1 Å². The molecule has 0 spiro atoms. The van der Waals surface area contributed by atoms with E-state index in [1.807, 2.05) is 0 Å². The fourth-order valence-corrected chi connectivity index (χ4v) is 6.03. The minimum absolute atomic E-state index is 0.358. The summed E-state index contributed by atoms with van der Waals surface area (Å²) in [6.07, 6.45) is 8.80. The Morgan fingerprint density at radius 2 is 1.32 bits per heavy atom. The van der Waals surface area contributed by atoms with Crippen molar-refractivity contribution in [1.29, 1.82) is 0 Å². The molecule has 0 aromatic heterocycles. The van der Waals surface area contributed by atoms with Gasteiger partial charge < -0.3 is 4.74 Å². The Hall–Kier alpha value is -2.11. The zero-order valence-corrected chi connectivity index (χ0v) is 19.6. The molecule has 0 bridgehead atoms. The molecule has 2 fully saturated rings. The van der Waals surface area contributed by atoms with Crippen molar-refractivity contribution in [1.82, 2.24) is 0 Å². The Morgan fingerprint density at radius 1 is 0.794 bits per heavy atom. The Balaban J connectivity index is 1.32. The predicted octanol–water partition coefficient (Wildman–Crippen LogP) is 9.11. The van der Waals surface area contributed by atoms with Gasteiger partial charge >= 0.3 is 6.11 Å². The lowest BCUT2D eigenvalue weighted by atomic mass is 9.68. The van der Waals surface area contributed by atoms with E-state index in [0.29, 0.717) is 18.1 Å². The monoisotopic (exact) mass is 480 g/mol. The molecule has 0 amide bonds. The molecule has 2 aliphatic carbocycles. The van der Waals surface area contributed by atoms with Crippen LogP contribution in [0.1, 0.15) is 88.2 Å². The standard InChI is InChI=1S/C28H33F5O/c1-2-3-18-4-6-19(7-5-18)20-8-10-21(11-9-20)22-12-14-23(15-13-22)28(32,33)34-24-16-25(29)27(31)26(30)17-24/h12-21H,2-11H2,1H3. The normalized spacial score (nSPS) is 25.8. The van der Waals surface area contributed by atoms with Crippen LogP contribution in [0.2, 0.25) is 0 Å². The number of hydrogen-bond acceptors (Lipinski definition) is 1. The molecule has 0 heterocycles. The van der Waals surface area contributed by atoms with Crippen molar-refractivity contribution in [3.63, 3.8) is 0 Å². The summed E-state index contributed by atoms with van der Waals surface area (Å²) in [5.41, 5.74) is 0.613. The molecule has 0 N–H and O–H groups in total. The van der Waals surface area contributed by atoms with Gasteiger partial charge in [0.05, 0.1) is 5.56 Å². The fourth-order valence-electron chi connectivity index (χ4n) is 6.03. The molecular weight excluding hydrogens is 447 g/mol. The summed E-state index contributed by atoms with van der Waals surface area (Å²) < 4.78 is 73.3. The summed E-state index contributed by atoms with van der Waals surface area (Å²) in [7, 11) is 0. The topological polar surface area (TPSA) is 9.23 Å². The molecule has 4 rings (SSSR count). The average Bonchev–Trinajstić information content (AvgIpc) is 2.83. The van der Waals surface area contributed by atoms with Gasteiger partial charge in [-0.2, -0.15) is 8.78 Å². The van der Waals surface area contributed by atoms with Crippen molar-refractivity contribution in [2.75, 3.05) is 0 Å². The summed E-state index contributed by atoms with van der Waals surface area (Å²) in [5.74, 6) is -2.75. The summed E-state index contributed by atoms with van der Waals surface area (Å²) in [6, 6.07) is 6.81. The van der Waals surface area contributed by atoms with E-state index in [-0.39, 0.29) is 0 Å². The average molecular weight is 481 g/mol. The molecule has 0 aliphatic heterocycles. The second-order valence-electron chi connectivity index (χ2n) is 10.1. The smallest absolute Gasteiger partial charge is 0.426 e. The van der Waals surface area contributed by atoms with Crippen LogP contribution in [0.4, 0.5) is 22.0 Å². The molecule has 0 radical (unpaired) electrons. The van der Waals surface area contributed by atoms with E-state index in [2.05, 4.69) is 11.7 Å². The Bertz CT molecular complexity index is 919. The van der Waals surface area contributed by atoms with Crippen LogP contribution in [-0.2, 0) is 6.11 Å². The number of alkyl halides is 2. The van der Waals surface area contributed by atoms with E-state index >= 15 is 0 Å². The van der Waals surface area contributed by atoms with E-state index in [1.165, 1.54) is 63.5 Å². The maximum atomic E-state index is 14.6. The number of rotatable bonds is 7. The van der Waals surface area contributed by atoms with Crippen LogP contribution < -0.4 is 4.74 Å². The lowest BCUT2D eigenvalue weighted by molar-refractivity contribution is -0.185. The summed E-state index contributed by atoms with van der Waals surface area (Å²) in [6.45, 7) is 2.27. The maximum Gasteiger partial charge on any atom is 0.426 e. The Kier molecular flexibility index (Phi) is 7.83. The van der Waals surface area contributed by atoms with E-state index in [0.717, 1.165) is 36.2 Å². The third-order valence-electron chi connectivity index (χ3n) is 7.95. The first kappa shape index (κ1) is 25.0. The first-order chi connectivity index (χ1) is 16.3. The highest BCUT2D eigenvalue weighted by Gasteiger charge is 2.36. The van der Waals surface area contributed by atoms with Crippen molar-refractivity contribution >= 4 is 0 Å². The molecule has 34 heavy (non-hydrogen) atoms. The molecule has 0 atom stereocenters. The number of hydrogen-bond donors (Lipinski definition) is 0. The van der Waals surface area contributed by atoms with Crippen molar-refractivity contribution in [3.8, 4) is 5.75 Å². The molecule has 0 saturated heterocycles. The minimum atomic E-state index is -3.80. The van der Waals surface area contributed by atoms with Gasteiger partial charge in [-0.05, 0) is 79.9 Å². The molecule has 2 aliphatic rings. The Labute approximate surface area is 198 Å². The molecule has 2 saturated carbocycles. The van der Waals surface area contributed by atoms with Gasteiger partial charge in [0.15, 0.2) is 17.5 Å². The lowest BCUT2D eigenvalue weighted by Gasteiger charge is -2.38. The minimum Gasteiger partial charge on any atom is -0.429 e. The molecule has 0 unspecified atom stereocenters. The van der Waals surface area contributed by atoms with E-state index in [1.54, 1.807) is 12.1 Å². The van der Waals surface area contributed by atoms with Crippen LogP contribution in [0.15, 0.2) is 36.4 Å². The molecule has 1 nitrogen and oxygen atoms in total. The van der Waals surface area contributed by atoms with Gasteiger partial charge in [0.1, 0.15) is 5.75 Å². The Morgan fingerprint density at radius 3 is 1.85 bits per heavy atom. The van der Waals surface area contributed by atoms with Crippen molar-refractivity contribution in [2.45, 2.75) is 83.2 Å². The quantitative estimate of drug-likeness (QED) is 0.284. The lowest BCUT2D eigenvalue weighted by Crippen LogP contribution is -2.25. The van der Waals surface area contributed by atoms with E-state index in [4.69, 9.17) is 0 Å². The highest BCUT2D eigenvalue weighted by molar-refractivity contribution is 5.30. The summed E-state index contributed by atoms with van der Waals surface area (Å²) >= 11 is 0. The van der Waals surface area contributed by atoms with Crippen molar-refractivity contribution in [3.05, 3.63) is 65.0 Å². The van der Waals surface area contributed by atoms with Gasteiger partial charge in [0.2, 0.25) is 0 Å². The number of halogens is 5. The highest BCUT2D eigenvalue weighted by Crippen LogP contribution is 2.45. The van der Waals surface area contributed by atoms with Crippen LogP contribution in [0.5, 0.6) is 5.75 Å². The second kappa shape index (κ2) is 10.7. The van der Waals surface area contributed by atoms with Crippen LogP contribution in [0.25, 0.3) is 0 Å². The summed E-state index contributed by atoms with van der Waals surface area (Å²) in [5, 5.41) is 0. The van der Waals surface area contributed by atoms with Crippen molar-refractivity contribution in [2.24, 2.45) is 17.8 Å². The molecule has 2 aromatic rings. The highest BCUT2D eigenvalue weighted by atomic mass is 19.3. The zero-order valence-electron chi connectivity index (χ0n) is 19.6. The SMILES string of the molecule is CCCC1CCC(C2CCC(c3ccc(C(F)(F)Oc4cc(F)c(F)c(F)c4)cc3)CC2)CC1. The van der Waals surface area contributed by atoms with Gasteiger partial charge in [-0.3, -0.25) is 0 Å². The first-order valence-corrected chi connectivity index (χ1v) is 12.6. The van der Waals surface area contributed by atoms with Gasteiger partial charge in [-0.15, -0.1) is 0 Å². The molecular formula is C28H33F5O. The van der Waals surface area contributed by atoms with Gasteiger partial charge in [-0.1, -0.05) is 44.7 Å². The molecule has 2 aromatic carbocycles. The van der Waals surface area contributed by atoms with E-state index < -0.39 is 34.9 Å². The van der Waals surface area contributed by atoms with Crippen LogP contribution in [0.3, 0.4) is 0 Å². The first-order valence-electron chi connectivity index (χ1n) is 12.6.